The minimum absolute atomic E-state index is 0.0319. The van der Waals surface area contributed by atoms with Crippen molar-refractivity contribution in [2.75, 3.05) is 25.2 Å². The van der Waals surface area contributed by atoms with Gasteiger partial charge < -0.3 is 9.47 Å². The average molecular weight is 474 g/mol. The molecule has 0 aliphatic heterocycles. The molecule has 174 valence electrons. The first-order valence-electron chi connectivity index (χ1n) is 10.8. The molecule has 0 N–H and O–H groups in total. The fourth-order valence-corrected chi connectivity index (χ4v) is 6.88. The number of rotatable bonds is 13. The molecule has 0 spiro atoms. The van der Waals surface area contributed by atoms with Crippen molar-refractivity contribution >= 4 is 35.0 Å². The van der Waals surface area contributed by atoms with E-state index in [-0.39, 0.29) is 45.5 Å². The summed E-state index contributed by atoms with van der Waals surface area (Å²) in [6.07, 6.45) is 1.05. The van der Waals surface area contributed by atoms with E-state index in [1.807, 2.05) is 20.8 Å². The summed E-state index contributed by atoms with van der Waals surface area (Å²) in [6, 6.07) is 2.65. The van der Waals surface area contributed by atoms with Crippen LogP contribution in [-0.4, -0.2) is 46.7 Å². The molecule has 0 aromatic heterocycles. The van der Waals surface area contributed by atoms with E-state index in [1.54, 1.807) is 23.5 Å². The largest absolute Gasteiger partial charge is 0.493 e. The van der Waals surface area contributed by atoms with Gasteiger partial charge in [-0.25, -0.2) is 4.39 Å². The minimum atomic E-state index is -1.08. The zero-order valence-electron chi connectivity index (χ0n) is 18.6. The summed E-state index contributed by atoms with van der Waals surface area (Å²) in [5.41, 5.74) is -0.350. The molecule has 2 unspecified atom stereocenters. The molecule has 2 rings (SSSR count). The van der Waals surface area contributed by atoms with Gasteiger partial charge in [0.25, 0.3) is 5.69 Å². The Labute approximate surface area is 192 Å². The lowest BCUT2D eigenvalue weighted by molar-refractivity contribution is -0.385. The molecule has 1 fully saturated rings. The maximum absolute atomic E-state index is 14.4. The van der Waals surface area contributed by atoms with E-state index in [1.165, 1.54) is 19.2 Å². The first-order chi connectivity index (χ1) is 14.9. The number of hydrogen-bond acceptors (Lipinski definition) is 7. The second-order valence-corrected chi connectivity index (χ2v) is 10.6. The summed E-state index contributed by atoms with van der Waals surface area (Å²) in [7, 11) is 1.43. The van der Waals surface area contributed by atoms with Crippen molar-refractivity contribution < 1.29 is 23.6 Å². The van der Waals surface area contributed by atoms with Gasteiger partial charge in [-0.3, -0.25) is 14.9 Å². The molecule has 1 aliphatic carbocycles. The highest BCUT2D eigenvalue weighted by Gasteiger charge is 2.44. The van der Waals surface area contributed by atoms with Gasteiger partial charge in [0.05, 0.1) is 34.9 Å². The highest BCUT2D eigenvalue weighted by atomic mass is 32.2. The number of benzene rings is 1. The SMILES string of the molecule is CCCCOc1cc([N+](=O)[O-])c(C(=O)C2CC(F)C[C@H]2C(SCC)SCC)cc1OC. The van der Waals surface area contributed by atoms with Crippen LogP contribution in [0.2, 0.25) is 0 Å². The molecule has 1 aromatic rings. The van der Waals surface area contributed by atoms with Crippen LogP contribution < -0.4 is 9.47 Å². The lowest BCUT2D eigenvalue weighted by Crippen LogP contribution is -2.26. The number of methoxy groups -OCH3 is 1. The zero-order chi connectivity index (χ0) is 23.0. The van der Waals surface area contributed by atoms with Crippen molar-refractivity contribution in [2.24, 2.45) is 11.8 Å². The normalized spacial score (nSPS) is 20.8. The fourth-order valence-electron chi connectivity index (χ4n) is 3.93. The monoisotopic (exact) mass is 473 g/mol. The van der Waals surface area contributed by atoms with E-state index < -0.39 is 17.0 Å². The summed E-state index contributed by atoms with van der Waals surface area (Å²) in [5.74, 6) is 1.11. The molecule has 1 aromatic carbocycles. The molecule has 0 saturated heterocycles. The van der Waals surface area contributed by atoms with Crippen LogP contribution in [0.25, 0.3) is 0 Å². The van der Waals surface area contributed by atoms with Gasteiger partial charge in [-0.1, -0.05) is 27.2 Å². The lowest BCUT2D eigenvalue weighted by atomic mass is 9.88. The summed E-state index contributed by atoms with van der Waals surface area (Å²) < 4.78 is 25.5. The van der Waals surface area contributed by atoms with Crippen LogP contribution in [0.15, 0.2) is 12.1 Å². The number of ether oxygens (including phenoxy) is 2. The maximum atomic E-state index is 14.4. The van der Waals surface area contributed by atoms with Crippen LogP contribution in [0.1, 0.15) is 56.8 Å². The number of carbonyl (C=O) groups excluding carboxylic acids is 1. The van der Waals surface area contributed by atoms with Crippen molar-refractivity contribution in [3.05, 3.63) is 27.8 Å². The molecule has 31 heavy (non-hydrogen) atoms. The lowest BCUT2D eigenvalue weighted by Gasteiger charge is -2.26. The Balaban J connectivity index is 2.42. The van der Waals surface area contributed by atoms with Gasteiger partial charge in [0.2, 0.25) is 0 Å². The summed E-state index contributed by atoms with van der Waals surface area (Å²) in [4.78, 5) is 24.7. The molecule has 0 bridgehead atoms. The summed E-state index contributed by atoms with van der Waals surface area (Å²) >= 11 is 3.43. The first kappa shape index (κ1) is 25.8. The molecule has 0 radical (unpaired) electrons. The number of Topliss-reactive ketones (excluding diaryl/α,β-unsaturated/α-hetero) is 1. The number of hydrogen-bond donors (Lipinski definition) is 0. The van der Waals surface area contributed by atoms with Crippen molar-refractivity contribution in [3.63, 3.8) is 0 Å². The molecule has 0 heterocycles. The standard InChI is InChI=1S/C22H32FNO5S2/c1-5-8-9-29-20-13-18(24(26)27)17(12-19(20)28-4)21(25)15-10-14(23)11-16(15)22(30-6-2)31-7-3/h12-16,22H,5-11H2,1-4H3/t14?,15?,16-/m1/s1. The highest BCUT2D eigenvalue weighted by molar-refractivity contribution is 8.17. The molecule has 9 heteroatoms. The Morgan fingerprint density at radius 2 is 1.90 bits per heavy atom. The van der Waals surface area contributed by atoms with Gasteiger partial charge in [-0.05, 0) is 36.7 Å². The van der Waals surface area contributed by atoms with Gasteiger partial charge in [-0.15, -0.1) is 23.5 Å². The highest BCUT2D eigenvalue weighted by Crippen LogP contribution is 2.47. The Bertz CT molecular complexity index is 758. The van der Waals surface area contributed by atoms with Crippen molar-refractivity contribution in [2.45, 2.75) is 57.2 Å². The quantitative estimate of drug-likeness (QED) is 0.112. The van der Waals surface area contributed by atoms with Gasteiger partial charge in [0.15, 0.2) is 17.3 Å². The molecule has 1 aliphatic rings. The topological polar surface area (TPSA) is 78.7 Å². The Kier molecular flexibility index (Phi) is 10.4. The molecule has 6 nitrogen and oxygen atoms in total. The maximum Gasteiger partial charge on any atom is 0.284 e. The van der Waals surface area contributed by atoms with E-state index in [0.29, 0.717) is 13.0 Å². The van der Waals surface area contributed by atoms with Crippen molar-refractivity contribution in [1.82, 2.24) is 0 Å². The third-order valence-corrected chi connectivity index (χ3v) is 8.24. The zero-order valence-corrected chi connectivity index (χ0v) is 20.2. The molecule has 0 amide bonds. The summed E-state index contributed by atoms with van der Waals surface area (Å²) in [5, 5.41) is 11.8. The average Bonchev–Trinajstić information content (AvgIpc) is 3.14. The second kappa shape index (κ2) is 12.5. The summed E-state index contributed by atoms with van der Waals surface area (Å²) in [6.45, 7) is 6.50. The number of unbranched alkanes of at least 4 members (excludes halogenated alkanes) is 1. The predicted octanol–water partition coefficient (Wildman–Crippen LogP) is 6.16. The number of nitro benzene ring substituents is 1. The van der Waals surface area contributed by atoms with Gasteiger partial charge in [-0.2, -0.15) is 0 Å². The molecule has 1 saturated carbocycles. The first-order valence-corrected chi connectivity index (χ1v) is 12.9. The van der Waals surface area contributed by atoms with Gasteiger partial charge in [0.1, 0.15) is 6.17 Å². The van der Waals surface area contributed by atoms with Crippen molar-refractivity contribution in [1.29, 1.82) is 0 Å². The molecular weight excluding hydrogens is 441 g/mol. The van der Waals surface area contributed by atoms with Crippen LogP contribution in [0.3, 0.4) is 0 Å². The number of nitrogens with zero attached hydrogens (tertiary/aromatic N) is 1. The van der Waals surface area contributed by atoms with Crippen LogP contribution >= 0.6 is 23.5 Å². The van der Waals surface area contributed by atoms with Crippen LogP contribution in [0.5, 0.6) is 11.5 Å². The smallest absolute Gasteiger partial charge is 0.284 e. The number of alkyl halides is 1. The molecule has 3 atom stereocenters. The third kappa shape index (κ3) is 6.51. The predicted molar refractivity (Wildman–Crippen MR) is 126 cm³/mol. The van der Waals surface area contributed by atoms with Gasteiger partial charge in [0, 0.05) is 12.0 Å². The van der Waals surface area contributed by atoms with Crippen LogP contribution in [0.4, 0.5) is 10.1 Å². The second-order valence-electron chi connectivity index (χ2n) is 7.46. The number of nitro groups is 1. The Morgan fingerprint density at radius 1 is 1.23 bits per heavy atom. The van der Waals surface area contributed by atoms with E-state index in [0.717, 1.165) is 24.3 Å². The van der Waals surface area contributed by atoms with E-state index in [4.69, 9.17) is 9.47 Å². The molecular formula is C22H32FNO5S2. The Morgan fingerprint density at radius 3 is 2.45 bits per heavy atom. The minimum Gasteiger partial charge on any atom is -0.493 e. The number of ketones is 1. The van der Waals surface area contributed by atoms with E-state index in [9.17, 15) is 19.3 Å². The fraction of sp³-hybridized carbons (Fsp3) is 0.682. The van der Waals surface area contributed by atoms with E-state index >= 15 is 0 Å². The Hall–Kier alpha value is -1.48. The third-order valence-electron chi connectivity index (χ3n) is 5.40. The number of halogens is 1. The van der Waals surface area contributed by atoms with E-state index in [2.05, 4.69) is 0 Å². The number of thioether (sulfide) groups is 2. The van der Waals surface area contributed by atoms with Crippen molar-refractivity contribution in [3.8, 4) is 11.5 Å². The van der Waals surface area contributed by atoms with Crippen LogP contribution in [0, 0.1) is 22.0 Å². The number of carbonyl (C=O) groups is 1. The van der Waals surface area contributed by atoms with Gasteiger partial charge >= 0.3 is 0 Å². The van der Waals surface area contributed by atoms with Crippen LogP contribution in [-0.2, 0) is 0 Å².